The first-order valence-corrected chi connectivity index (χ1v) is 4.91. The molecule has 0 aromatic heterocycles. The first-order valence-electron chi connectivity index (χ1n) is 4.91. The summed E-state index contributed by atoms with van der Waals surface area (Å²) in [6.07, 6.45) is 5.93. The lowest BCUT2D eigenvalue weighted by Gasteiger charge is -2.32. The van der Waals surface area contributed by atoms with E-state index in [4.69, 9.17) is 4.74 Å². The Hall–Kier alpha value is -0.660. The minimum absolute atomic E-state index is 0.171. The summed E-state index contributed by atoms with van der Waals surface area (Å²) in [7, 11) is 0. The maximum Gasteiger partial charge on any atom is 0.235 e. The van der Waals surface area contributed by atoms with Crippen LogP contribution in [-0.2, 0) is 9.53 Å². The van der Waals surface area contributed by atoms with Crippen LogP contribution in [0.4, 0.5) is 0 Å². The van der Waals surface area contributed by atoms with E-state index < -0.39 is 0 Å². The highest BCUT2D eigenvalue weighted by Gasteiger charge is 2.30. The van der Waals surface area contributed by atoms with Gasteiger partial charge in [-0.1, -0.05) is 0 Å². The molecule has 1 aliphatic carbocycles. The molecule has 0 radical (unpaired) electrons. The first kappa shape index (κ1) is 10.4. The lowest BCUT2D eigenvalue weighted by Crippen LogP contribution is -2.32. The fourth-order valence-electron chi connectivity index (χ4n) is 1.84. The van der Waals surface area contributed by atoms with Crippen molar-refractivity contribution in [1.29, 1.82) is 0 Å². The number of nitrogens with zero attached hydrogens (tertiary/aromatic N) is 1. The van der Waals surface area contributed by atoms with Crippen LogP contribution in [0.15, 0.2) is 4.99 Å². The predicted octanol–water partition coefficient (Wildman–Crippen LogP) is 2.06. The minimum Gasteiger partial charge on any atom is -0.379 e. The summed E-state index contributed by atoms with van der Waals surface area (Å²) < 4.78 is 5.51. The van der Waals surface area contributed by atoms with Crippen LogP contribution in [0.1, 0.15) is 39.5 Å². The highest BCUT2D eigenvalue weighted by atomic mass is 16.5. The Bertz CT molecular complexity index is 201. The number of carbonyl (C=O) groups excluding carboxylic acids is 1. The second-order valence-electron chi connectivity index (χ2n) is 3.85. The van der Waals surface area contributed by atoms with Gasteiger partial charge in [-0.2, -0.15) is 4.99 Å². The molecule has 3 heteroatoms. The van der Waals surface area contributed by atoms with Crippen LogP contribution in [-0.4, -0.2) is 24.3 Å². The van der Waals surface area contributed by atoms with Crippen molar-refractivity contribution in [2.75, 3.05) is 6.61 Å². The fourth-order valence-corrected chi connectivity index (χ4v) is 1.84. The Morgan fingerprint density at radius 1 is 1.54 bits per heavy atom. The Balaban J connectivity index is 2.41. The summed E-state index contributed by atoms with van der Waals surface area (Å²) in [5.74, 6) is 0. The third-order valence-corrected chi connectivity index (χ3v) is 2.73. The van der Waals surface area contributed by atoms with Gasteiger partial charge >= 0.3 is 0 Å². The van der Waals surface area contributed by atoms with Gasteiger partial charge in [-0.25, -0.2) is 4.79 Å². The Labute approximate surface area is 79.2 Å². The molecular weight excluding hydrogens is 166 g/mol. The number of hydrogen-bond acceptors (Lipinski definition) is 3. The van der Waals surface area contributed by atoms with Crippen LogP contribution < -0.4 is 0 Å². The number of rotatable bonds is 3. The van der Waals surface area contributed by atoms with Gasteiger partial charge in [0.15, 0.2) is 0 Å². The molecule has 0 atom stereocenters. The van der Waals surface area contributed by atoms with E-state index in [-0.39, 0.29) is 5.54 Å². The highest BCUT2D eigenvalue weighted by molar-refractivity contribution is 5.34. The minimum atomic E-state index is -0.171. The Morgan fingerprint density at radius 3 is 2.62 bits per heavy atom. The van der Waals surface area contributed by atoms with Crippen LogP contribution in [0, 0.1) is 0 Å². The number of ether oxygens (including phenoxy) is 1. The molecule has 0 unspecified atom stereocenters. The quantitative estimate of drug-likeness (QED) is 0.496. The molecule has 0 bridgehead atoms. The Kier molecular flexibility index (Phi) is 3.64. The van der Waals surface area contributed by atoms with Gasteiger partial charge in [0.05, 0.1) is 11.6 Å². The average molecular weight is 183 g/mol. The maximum absolute atomic E-state index is 10.2. The second-order valence-corrected chi connectivity index (χ2v) is 3.85. The SMILES string of the molecule is CCO[C@H]1CC[C@@](C)(N=C=O)CC1. The monoisotopic (exact) mass is 183 g/mol. The van der Waals surface area contributed by atoms with E-state index >= 15 is 0 Å². The summed E-state index contributed by atoms with van der Waals surface area (Å²) in [5, 5.41) is 0. The number of hydrogen-bond donors (Lipinski definition) is 0. The molecule has 1 fully saturated rings. The molecule has 0 heterocycles. The van der Waals surface area contributed by atoms with Crippen molar-refractivity contribution in [3.8, 4) is 0 Å². The molecule has 0 aromatic carbocycles. The maximum atomic E-state index is 10.2. The molecule has 0 spiro atoms. The average Bonchev–Trinajstić information content (AvgIpc) is 2.10. The van der Waals surface area contributed by atoms with Gasteiger partial charge in [0.1, 0.15) is 0 Å². The third-order valence-electron chi connectivity index (χ3n) is 2.73. The second kappa shape index (κ2) is 4.54. The smallest absolute Gasteiger partial charge is 0.235 e. The molecule has 0 amide bonds. The zero-order valence-corrected chi connectivity index (χ0v) is 8.38. The summed E-state index contributed by atoms with van der Waals surface area (Å²) in [5.41, 5.74) is -0.171. The third kappa shape index (κ3) is 2.94. The van der Waals surface area contributed by atoms with Crippen molar-refractivity contribution >= 4 is 6.08 Å². The van der Waals surface area contributed by atoms with Gasteiger partial charge in [-0.05, 0) is 39.5 Å². The molecule has 3 nitrogen and oxygen atoms in total. The topological polar surface area (TPSA) is 38.7 Å². The van der Waals surface area contributed by atoms with Crippen molar-refractivity contribution in [1.82, 2.24) is 0 Å². The van der Waals surface area contributed by atoms with Gasteiger partial charge in [-0.15, -0.1) is 0 Å². The van der Waals surface area contributed by atoms with Crippen molar-refractivity contribution in [2.24, 2.45) is 4.99 Å². The molecule has 1 rings (SSSR count). The number of isocyanates is 1. The predicted molar refractivity (Wildman–Crippen MR) is 50.4 cm³/mol. The zero-order valence-electron chi connectivity index (χ0n) is 8.38. The van der Waals surface area contributed by atoms with E-state index in [0.717, 1.165) is 32.3 Å². The van der Waals surface area contributed by atoms with E-state index in [1.54, 1.807) is 6.08 Å². The molecule has 74 valence electrons. The lowest BCUT2D eigenvalue weighted by molar-refractivity contribution is 0.0233. The van der Waals surface area contributed by atoms with Gasteiger partial charge in [-0.3, -0.25) is 0 Å². The van der Waals surface area contributed by atoms with E-state index in [2.05, 4.69) is 4.99 Å². The van der Waals surface area contributed by atoms with Gasteiger partial charge in [0.2, 0.25) is 6.08 Å². The highest BCUT2D eigenvalue weighted by Crippen LogP contribution is 2.32. The van der Waals surface area contributed by atoms with Crippen molar-refractivity contribution in [2.45, 2.75) is 51.2 Å². The fraction of sp³-hybridized carbons (Fsp3) is 0.900. The van der Waals surface area contributed by atoms with Gasteiger partial charge < -0.3 is 4.74 Å². The molecule has 0 saturated heterocycles. The van der Waals surface area contributed by atoms with Gasteiger partial charge in [0, 0.05) is 6.61 Å². The largest absolute Gasteiger partial charge is 0.379 e. The van der Waals surface area contributed by atoms with Crippen molar-refractivity contribution < 1.29 is 9.53 Å². The van der Waals surface area contributed by atoms with E-state index in [0.29, 0.717) is 6.10 Å². The van der Waals surface area contributed by atoms with Crippen LogP contribution in [0.2, 0.25) is 0 Å². The molecule has 0 N–H and O–H groups in total. The summed E-state index contributed by atoms with van der Waals surface area (Å²) in [4.78, 5) is 14.0. The molecular formula is C10H17NO2. The van der Waals surface area contributed by atoms with Crippen LogP contribution in [0.5, 0.6) is 0 Å². The Morgan fingerprint density at radius 2 is 2.15 bits per heavy atom. The van der Waals surface area contributed by atoms with Gasteiger partial charge in [0.25, 0.3) is 0 Å². The summed E-state index contributed by atoms with van der Waals surface area (Å²) >= 11 is 0. The summed E-state index contributed by atoms with van der Waals surface area (Å²) in [6.45, 7) is 4.80. The standard InChI is InChI=1S/C10H17NO2/c1-3-13-9-4-6-10(2,7-5-9)11-8-12/h9H,3-7H2,1-2H3/t9-,10+. The van der Waals surface area contributed by atoms with Crippen molar-refractivity contribution in [3.63, 3.8) is 0 Å². The molecule has 1 aliphatic rings. The normalized spacial score (nSPS) is 33.8. The lowest BCUT2D eigenvalue weighted by atomic mass is 9.82. The number of aliphatic imine (C=N–C) groups is 1. The first-order chi connectivity index (χ1) is 6.20. The zero-order chi connectivity index (χ0) is 9.73. The van der Waals surface area contributed by atoms with Crippen LogP contribution in [0.25, 0.3) is 0 Å². The van der Waals surface area contributed by atoms with Crippen LogP contribution in [0.3, 0.4) is 0 Å². The molecule has 1 saturated carbocycles. The molecule has 13 heavy (non-hydrogen) atoms. The molecule has 0 aromatic rings. The van der Waals surface area contributed by atoms with Crippen molar-refractivity contribution in [3.05, 3.63) is 0 Å². The van der Waals surface area contributed by atoms with E-state index in [1.165, 1.54) is 0 Å². The summed E-state index contributed by atoms with van der Waals surface area (Å²) in [6, 6.07) is 0. The van der Waals surface area contributed by atoms with E-state index in [9.17, 15) is 4.79 Å². The van der Waals surface area contributed by atoms with Crippen LogP contribution >= 0.6 is 0 Å². The van der Waals surface area contributed by atoms with E-state index in [1.807, 2.05) is 13.8 Å². The molecule has 0 aliphatic heterocycles.